The van der Waals surface area contributed by atoms with Gasteiger partial charge in [-0.15, -0.1) is 0 Å². The molecule has 0 saturated carbocycles. The van der Waals surface area contributed by atoms with Gasteiger partial charge in [0, 0.05) is 26.1 Å². The van der Waals surface area contributed by atoms with Crippen molar-refractivity contribution in [1.29, 1.82) is 0 Å². The van der Waals surface area contributed by atoms with Crippen LogP contribution in [0.15, 0.2) is 0 Å². The number of unbranched alkanes of at least 4 members (excludes halogenated alkanes) is 23. The third kappa shape index (κ3) is 35.7. The SMILES string of the molecule is CCCCCCCCCCCC[C@@H](O)CN(CCCCCO)CC(O)CCCCCC(=O)OC(CCCCCCCC)CCCCCCCC. The molecule has 0 amide bonds. The molecule has 0 aliphatic heterocycles. The van der Waals surface area contributed by atoms with Gasteiger partial charge in [-0.3, -0.25) is 9.69 Å². The summed E-state index contributed by atoms with van der Waals surface area (Å²) in [6, 6.07) is 0. The fraction of sp³-hybridized carbons (Fsp3) is 0.977. The summed E-state index contributed by atoms with van der Waals surface area (Å²) in [6.07, 6.45) is 36.8. The average Bonchev–Trinajstić information content (AvgIpc) is 3.10. The van der Waals surface area contributed by atoms with Crippen molar-refractivity contribution in [3.05, 3.63) is 0 Å². The van der Waals surface area contributed by atoms with Crippen LogP contribution in [0.2, 0.25) is 0 Å². The maximum atomic E-state index is 12.8. The molecule has 2 atom stereocenters. The van der Waals surface area contributed by atoms with Crippen LogP contribution in [0.1, 0.15) is 233 Å². The number of aliphatic hydroxyl groups excluding tert-OH is 3. The van der Waals surface area contributed by atoms with Crippen LogP contribution in [0.25, 0.3) is 0 Å². The van der Waals surface area contributed by atoms with E-state index in [1.54, 1.807) is 0 Å². The molecule has 0 radical (unpaired) electrons. The van der Waals surface area contributed by atoms with E-state index in [2.05, 4.69) is 25.7 Å². The van der Waals surface area contributed by atoms with Crippen molar-refractivity contribution in [2.24, 2.45) is 0 Å². The van der Waals surface area contributed by atoms with Crippen LogP contribution in [0.3, 0.4) is 0 Å². The molecular formula is C44H89NO5. The Balaban J connectivity index is 4.40. The number of hydrogen-bond donors (Lipinski definition) is 3. The molecular weight excluding hydrogens is 622 g/mol. The second-order valence-corrected chi connectivity index (χ2v) is 15.6. The molecule has 0 aromatic heterocycles. The summed E-state index contributed by atoms with van der Waals surface area (Å²) in [4.78, 5) is 15.0. The predicted octanol–water partition coefficient (Wildman–Crippen LogP) is 11.8. The standard InChI is InChI=1S/C44H89NO5/c1-4-7-10-13-16-17-18-19-20-25-32-41(47)39-45(37-30-24-31-38-46)40-42(48)33-26-23-29-36-44(49)50-43(34-27-21-14-11-8-5-2)35-28-22-15-12-9-6-3/h41-43,46-48H,4-40H2,1-3H3/t41-,42?/m1/s1. The summed E-state index contributed by atoms with van der Waals surface area (Å²) in [7, 11) is 0. The first kappa shape index (κ1) is 49.3. The average molecular weight is 712 g/mol. The molecule has 1 unspecified atom stereocenters. The van der Waals surface area contributed by atoms with Gasteiger partial charge in [0.1, 0.15) is 6.10 Å². The summed E-state index contributed by atoms with van der Waals surface area (Å²) in [5, 5.41) is 30.8. The number of rotatable bonds is 41. The van der Waals surface area contributed by atoms with Crippen molar-refractivity contribution in [2.75, 3.05) is 26.2 Å². The van der Waals surface area contributed by atoms with Gasteiger partial charge in [-0.25, -0.2) is 0 Å². The van der Waals surface area contributed by atoms with Crippen molar-refractivity contribution in [2.45, 2.75) is 251 Å². The Labute approximate surface area is 312 Å². The topological polar surface area (TPSA) is 90.2 Å². The van der Waals surface area contributed by atoms with E-state index in [1.807, 2.05) is 0 Å². The van der Waals surface area contributed by atoms with Crippen LogP contribution < -0.4 is 0 Å². The lowest BCUT2D eigenvalue weighted by molar-refractivity contribution is -0.150. The third-order valence-electron chi connectivity index (χ3n) is 10.4. The number of ether oxygens (including phenoxy) is 1. The van der Waals surface area contributed by atoms with Crippen molar-refractivity contribution in [3.8, 4) is 0 Å². The molecule has 0 spiro atoms. The molecule has 0 rings (SSSR count). The van der Waals surface area contributed by atoms with Crippen LogP contribution >= 0.6 is 0 Å². The zero-order chi connectivity index (χ0) is 36.8. The Morgan fingerprint density at radius 2 is 0.840 bits per heavy atom. The van der Waals surface area contributed by atoms with Crippen LogP contribution in [0, 0.1) is 0 Å². The molecule has 0 bridgehead atoms. The normalized spacial score (nSPS) is 13.0. The molecule has 6 nitrogen and oxygen atoms in total. The number of carbonyl (C=O) groups excluding carboxylic acids is 1. The lowest BCUT2D eigenvalue weighted by atomic mass is 10.0. The van der Waals surface area contributed by atoms with Gasteiger partial charge >= 0.3 is 5.97 Å². The van der Waals surface area contributed by atoms with Crippen molar-refractivity contribution in [1.82, 2.24) is 4.90 Å². The number of esters is 1. The highest BCUT2D eigenvalue weighted by Gasteiger charge is 2.17. The highest BCUT2D eigenvalue weighted by molar-refractivity contribution is 5.69. The second kappa shape index (κ2) is 39.5. The van der Waals surface area contributed by atoms with E-state index in [4.69, 9.17) is 4.74 Å². The van der Waals surface area contributed by atoms with Crippen molar-refractivity contribution < 1.29 is 24.9 Å². The minimum atomic E-state index is -0.427. The number of carbonyl (C=O) groups is 1. The third-order valence-corrected chi connectivity index (χ3v) is 10.4. The Bertz CT molecular complexity index is 661. The van der Waals surface area contributed by atoms with Crippen LogP contribution in [0.5, 0.6) is 0 Å². The van der Waals surface area contributed by atoms with E-state index in [9.17, 15) is 20.1 Å². The van der Waals surface area contributed by atoms with Gasteiger partial charge in [-0.1, -0.05) is 162 Å². The van der Waals surface area contributed by atoms with Gasteiger partial charge in [-0.2, -0.15) is 0 Å². The second-order valence-electron chi connectivity index (χ2n) is 15.6. The fourth-order valence-corrected chi connectivity index (χ4v) is 7.16. The Morgan fingerprint density at radius 3 is 1.26 bits per heavy atom. The number of aliphatic hydroxyl groups is 3. The zero-order valence-electron chi connectivity index (χ0n) is 34.0. The first-order valence-corrected chi connectivity index (χ1v) is 22.3. The first-order valence-electron chi connectivity index (χ1n) is 22.3. The van der Waals surface area contributed by atoms with Crippen molar-refractivity contribution in [3.63, 3.8) is 0 Å². The summed E-state index contributed by atoms with van der Waals surface area (Å²) in [5.41, 5.74) is 0. The molecule has 50 heavy (non-hydrogen) atoms. The maximum Gasteiger partial charge on any atom is 0.306 e. The van der Waals surface area contributed by atoms with Crippen LogP contribution in [-0.4, -0.2) is 70.7 Å². The monoisotopic (exact) mass is 712 g/mol. The molecule has 0 fully saturated rings. The van der Waals surface area contributed by atoms with Crippen LogP contribution in [-0.2, 0) is 9.53 Å². The summed E-state index contributed by atoms with van der Waals surface area (Å²) in [6.45, 7) is 9.02. The summed E-state index contributed by atoms with van der Waals surface area (Å²) in [5.74, 6) is -0.0436. The first-order chi connectivity index (χ1) is 24.5. The van der Waals surface area contributed by atoms with E-state index in [0.717, 1.165) is 90.0 Å². The van der Waals surface area contributed by atoms with E-state index < -0.39 is 6.10 Å². The lowest BCUT2D eigenvalue weighted by Gasteiger charge is -2.27. The molecule has 300 valence electrons. The quantitative estimate of drug-likeness (QED) is 0.0432. The smallest absolute Gasteiger partial charge is 0.306 e. The molecule has 3 N–H and O–H groups in total. The van der Waals surface area contributed by atoms with Crippen molar-refractivity contribution >= 4 is 5.97 Å². The fourth-order valence-electron chi connectivity index (χ4n) is 7.16. The van der Waals surface area contributed by atoms with E-state index in [0.29, 0.717) is 19.5 Å². The van der Waals surface area contributed by atoms with Gasteiger partial charge in [0.2, 0.25) is 0 Å². The maximum absolute atomic E-state index is 12.8. The lowest BCUT2D eigenvalue weighted by Crippen LogP contribution is -2.38. The molecule has 0 heterocycles. The van der Waals surface area contributed by atoms with Gasteiger partial charge in [0.05, 0.1) is 12.2 Å². The number of nitrogens with zero attached hydrogens (tertiary/aromatic N) is 1. The van der Waals surface area contributed by atoms with Gasteiger partial charge in [-0.05, 0) is 70.8 Å². The number of hydrogen-bond acceptors (Lipinski definition) is 6. The highest BCUT2D eigenvalue weighted by atomic mass is 16.5. The molecule has 0 aliphatic carbocycles. The Hall–Kier alpha value is -0.690. The molecule has 6 heteroatoms. The molecule has 0 aromatic rings. The molecule has 0 aliphatic rings. The highest BCUT2D eigenvalue weighted by Crippen LogP contribution is 2.19. The summed E-state index contributed by atoms with van der Waals surface area (Å²) >= 11 is 0. The van der Waals surface area contributed by atoms with E-state index >= 15 is 0 Å². The molecule has 0 saturated heterocycles. The largest absolute Gasteiger partial charge is 0.462 e. The minimum Gasteiger partial charge on any atom is -0.462 e. The predicted molar refractivity (Wildman–Crippen MR) is 215 cm³/mol. The molecule has 0 aromatic carbocycles. The zero-order valence-corrected chi connectivity index (χ0v) is 34.0. The Kier molecular flexibility index (Phi) is 39.0. The van der Waals surface area contributed by atoms with E-state index in [1.165, 1.54) is 122 Å². The van der Waals surface area contributed by atoms with Gasteiger partial charge in [0.25, 0.3) is 0 Å². The minimum absolute atomic E-state index is 0.0436. The van der Waals surface area contributed by atoms with Gasteiger partial charge in [0.15, 0.2) is 0 Å². The van der Waals surface area contributed by atoms with E-state index in [-0.39, 0.29) is 24.8 Å². The van der Waals surface area contributed by atoms with Crippen LogP contribution in [0.4, 0.5) is 0 Å². The van der Waals surface area contributed by atoms with Gasteiger partial charge < -0.3 is 20.1 Å². The Morgan fingerprint density at radius 1 is 0.480 bits per heavy atom. The summed E-state index contributed by atoms with van der Waals surface area (Å²) < 4.78 is 6.01.